The number of fused-ring (bicyclic) bond motifs is 1. The van der Waals surface area contributed by atoms with Crippen molar-refractivity contribution in [2.24, 2.45) is 0 Å². The van der Waals surface area contributed by atoms with Gasteiger partial charge in [0.2, 0.25) is 11.8 Å². The average Bonchev–Trinajstić information content (AvgIpc) is 3.14. The Morgan fingerprint density at radius 3 is 2.72 bits per heavy atom. The highest BCUT2D eigenvalue weighted by atomic mass is 35.5. The largest absolute Gasteiger partial charge is 0.476 e. The summed E-state index contributed by atoms with van der Waals surface area (Å²) in [5.74, 6) is 0.00760. The van der Waals surface area contributed by atoms with Gasteiger partial charge < -0.3 is 19.5 Å². The topological polar surface area (TPSA) is 104 Å². The van der Waals surface area contributed by atoms with Crippen LogP contribution in [0.1, 0.15) is 27.2 Å². The first-order chi connectivity index (χ1) is 15.3. The molecule has 0 spiro atoms. The van der Waals surface area contributed by atoms with Gasteiger partial charge in [-0.1, -0.05) is 23.7 Å². The van der Waals surface area contributed by atoms with Crippen molar-refractivity contribution < 1.29 is 23.8 Å². The Morgan fingerprint density at radius 2 is 2.00 bits per heavy atom. The van der Waals surface area contributed by atoms with E-state index >= 15 is 0 Å². The van der Waals surface area contributed by atoms with Crippen molar-refractivity contribution in [2.45, 2.75) is 33.2 Å². The molecule has 0 aliphatic heterocycles. The number of hydrogen-bond donors (Lipinski definition) is 1. The summed E-state index contributed by atoms with van der Waals surface area (Å²) in [5, 5.41) is 7.77. The second-order valence-corrected chi connectivity index (χ2v) is 7.74. The average molecular weight is 461 g/mol. The number of aromatic nitrogens is 3. The number of halogens is 1. The predicted octanol–water partition coefficient (Wildman–Crippen LogP) is 3.29. The van der Waals surface area contributed by atoms with E-state index in [2.05, 4.69) is 15.4 Å². The van der Waals surface area contributed by atoms with E-state index < -0.39 is 0 Å². The highest BCUT2D eigenvalue weighted by molar-refractivity contribution is 6.30. The van der Waals surface area contributed by atoms with Gasteiger partial charge in [-0.15, -0.1) is 5.10 Å². The van der Waals surface area contributed by atoms with Gasteiger partial charge in [-0.05, 0) is 26.0 Å². The molecular formula is C22H25ClN4O5. The second kappa shape index (κ2) is 10.8. The van der Waals surface area contributed by atoms with E-state index in [1.807, 2.05) is 26.0 Å². The summed E-state index contributed by atoms with van der Waals surface area (Å²) in [4.78, 5) is 27.5. The highest BCUT2D eigenvalue weighted by Gasteiger charge is 2.15. The van der Waals surface area contributed by atoms with Gasteiger partial charge in [0.05, 0.1) is 25.1 Å². The number of carbonyl (C=O) groups is 2. The number of hydrogen-bond acceptors (Lipinski definition) is 7. The van der Waals surface area contributed by atoms with Gasteiger partial charge in [-0.25, -0.2) is 9.50 Å². The zero-order valence-corrected chi connectivity index (χ0v) is 18.9. The smallest absolute Gasteiger partial charge is 0.302 e. The van der Waals surface area contributed by atoms with Gasteiger partial charge in [0.15, 0.2) is 6.61 Å². The minimum atomic E-state index is -0.333. The maximum absolute atomic E-state index is 12.1. The first-order valence-corrected chi connectivity index (χ1v) is 10.5. The van der Waals surface area contributed by atoms with Crippen LogP contribution in [0.25, 0.3) is 16.8 Å². The van der Waals surface area contributed by atoms with Crippen LogP contribution in [0, 0.1) is 0 Å². The van der Waals surface area contributed by atoms with Crippen LogP contribution in [0.15, 0.2) is 36.5 Å². The van der Waals surface area contributed by atoms with E-state index in [9.17, 15) is 9.59 Å². The molecule has 0 saturated heterocycles. The molecule has 0 fully saturated rings. The van der Waals surface area contributed by atoms with Crippen molar-refractivity contribution >= 4 is 29.0 Å². The van der Waals surface area contributed by atoms with Gasteiger partial charge in [0.1, 0.15) is 5.52 Å². The summed E-state index contributed by atoms with van der Waals surface area (Å²) < 4.78 is 17.9. The van der Waals surface area contributed by atoms with Crippen LogP contribution in [-0.4, -0.2) is 52.3 Å². The number of amides is 1. The molecule has 0 aliphatic carbocycles. The van der Waals surface area contributed by atoms with Crippen LogP contribution in [0.5, 0.6) is 11.8 Å². The Morgan fingerprint density at radius 1 is 1.19 bits per heavy atom. The monoisotopic (exact) mass is 460 g/mol. The Hall–Kier alpha value is -3.33. The fourth-order valence-electron chi connectivity index (χ4n) is 2.85. The molecule has 0 radical (unpaired) electrons. The Kier molecular flexibility index (Phi) is 7.88. The minimum Gasteiger partial charge on any atom is -0.476 e. The van der Waals surface area contributed by atoms with Crippen LogP contribution < -0.4 is 14.8 Å². The zero-order chi connectivity index (χ0) is 23.1. The Balaban J connectivity index is 1.84. The molecule has 0 unspecified atom stereocenters. The molecule has 0 bridgehead atoms. The van der Waals surface area contributed by atoms with Crippen LogP contribution in [0.2, 0.25) is 5.02 Å². The number of carbonyl (C=O) groups excluding carboxylic acids is 2. The number of nitrogens with one attached hydrogen (secondary N) is 1. The summed E-state index contributed by atoms with van der Waals surface area (Å²) in [6.07, 6.45) is 2.26. The van der Waals surface area contributed by atoms with E-state index in [1.165, 1.54) is 6.92 Å². The molecule has 3 aromatic rings. The number of nitrogens with zero attached hydrogens (tertiary/aromatic N) is 3. The third kappa shape index (κ3) is 6.58. The van der Waals surface area contributed by atoms with Gasteiger partial charge in [0.25, 0.3) is 5.91 Å². The molecular weight excluding hydrogens is 436 g/mol. The van der Waals surface area contributed by atoms with E-state index in [1.54, 1.807) is 28.9 Å². The maximum atomic E-state index is 12.1. The van der Waals surface area contributed by atoms with Crippen molar-refractivity contribution in [3.05, 3.63) is 41.6 Å². The molecule has 1 amide bonds. The standard InChI is InChI=1S/C22H25ClN4O5/c1-14(2)24-20(29)13-32-22-19-11-21(31-9-5-8-30-15(3)28)26-27(19)12-18(25-22)16-6-4-7-17(23)10-16/h4,6-7,10-12,14H,5,8-9,13H2,1-3H3,(H,24,29). The minimum absolute atomic E-state index is 0.00109. The van der Waals surface area contributed by atoms with Crippen LogP contribution in [-0.2, 0) is 14.3 Å². The number of benzene rings is 1. The molecule has 10 heteroatoms. The lowest BCUT2D eigenvalue weighted by Gasteiger charge is -2.11. The second-order valence-electron chi connectivity index (χ2n) is 7.31. The summed E-state index contributed by atoms with van der Waals surface area (Å²) >= 11 is 6.12. The fraction of sp³-hybridized carbons (Fsp3) is 0.364. The van der Waals surface area contributed by atoms with E-state index in [-0.39, 0.29) is 37.0 Å². The third-order valence-electron chi connectivity index (χ3n) is 4.15. The van der Waals surface area contributed by atoms with Crippen LogP contribution in [0.3, 0.4) is 0 Å². The molecule has 2 aromatic heterocycles. The molecule has 9 nitrogen and oxygen atoms in total. The molecule has 1 N–H and O–H groups in total. The summed E-state index contributed by atoms with van der Waals surface area (Å²) in [6.45, 7) is 5.49. The number of ether oxygens (including phenoxy) is 3. The summed E-state index contributed by atoms with van der Waals surface area (Å²) in [6, 6.07) is 8.91. The number of esters is 1. The van der Waals surface area contributed by atoms with E-state index in [4.69, 9.17) is 25.8 Å². The fourth-order valence-corrected chi connectivity index (χ4v) is 3.04. The van der Waals surface area contributed by atoms with Crippen molar-refractivity contribution in [3.8, 4) is 23.0 Å². The first kappa shape index (κ1) is 23.3. The molecule has 0 atom stereocenters. The lowest BCUT2D eigenvalue weighted by atomic mass is 10.2. The van der Waals surface area contributed by atoms with Gasteiger partial charge >= 0.3 is 5.97 Å². The first-order valence-electron chi connectivity index (χ1n) is 10.2. The zero-order valence-electron chi connectivity index (χ0n) is 18.1. The molecule has 0 saturated carbocycles. The van der Waals surface area contributed by atoms with E-state index in [0.29, 0.717) is 35.1 Å². The van der Waals surface area contributed by atoms with Crippen molar-refractivity contribution in [1.29, 1.82) is 0 Å². The lowest BCUT2D eigenvalue weighted by molar-refractivity contribution is -0.141. The van der Waals surface area contributed by atoms with Crippen LogP contribution >= 0.6 is 11.6 Å². The maximum Gasteiger partial charge on any atom is 0.302 e. The van der Waals surface area contributed by atoms with Gasteiger partial charge in [-0.2, -0.15) is 0 Å². The Bertz CT molecular complexity index is 1100. The van der Waals surface area contributed by atoms with Gasteiger partial charge in [-0.3, -0.25) is 9.59 Å². The molecule has 32 heavy (non-hydrogen) atoms. The van der Waals surface area contributed by atoms with Crippen molar-refractivity contribution in [3.63, 3.8) is 0 Å². The highest BCUT2D eigenvalue weighted by Crippen LogP contribution is 2.28. The summed E-state index contributed by atoms with van der Waals surface area (Å²) in [5.41, 5.74) is 1.89. The molecule has 2 heterocycles. The van der Waals surface area contributed by atoms with Gasteiger partial charge in [0, 0.05) is 36.0 Å². The quantitative estimate of drug-likeness (QED) is 0.365. The summed E-state index contributed by atoms with van der Waals surface area (Å²) in [7, 11) is 0. The predicted molar refractivity (Wildman–Crippen MR) is 119 cm³/mol. The third-order valence-corrected chi connectivity index (χ3v) is 4.39. The van der Waals surface area contributed by atoms with Crippen molar-refractivity contribution in [2.75, 3.05) is 19.8 Å². The van der Waals surface area contributed by atoms with Crippen molar-refractivity contribution in [1.82, 2.24) is 19.9 Å². The molecule has 3 rings (SSSR count). The lowest BCUT2D eigenvalue weighted by Crippen LogP contribution is -2.34. The number of rotatable bonds is 10. The molecule has 1 aromatic carbocycles. The SMILES string of the molecule is CC(=O)OCCCOc1cc2c(OCC(=O)NC(C)C)nc(-c3cccc(Cl)c3)cn2n1. The van der Waals surface area contributed by atoms with E-state index in [0.717, 1.165) is 5.56 Å². The molecule has 170 valence electrons. The van der Waals surface area contributed by atoms with Crippen LogP contribution in [0.4, 0.5) is 0 Å². The Labute approximate surface area is 190 Å². The normalized spacial score (nSPS) is 10.9. The molecule has 0 aliphatic rings.